The molecule has 0 aliphatic carbocycles. The van der Waals surface area contributed by atoms with Crippen LogP contribution in [0.1, 0.15) is 0 Å². The van der Waals surface area contributed by atoms with Gasteiger partial charge in [0.1, 0.15) is 0 Å². The van der Waals surface area contributed by atoms with Crippen LogP contribution in [-0.4, -0.2) is 11.3 Å². The quantitative estimate of drug-likeness (QED) is 0.414. The summed E-state index contributed by atoms with van der Waals surface area (Å²) in [6, 6.07) is 0. The first-order chi connectivity index (χ1) is 4.66. The highest BCUT2D eigenvalue weighted by Crippen LogP contribution is 2.18. The second-order valence-corrected chi connectivity index (χ2v) is 3.43. The highest BCUT2D eigenvalue weighted by molar-refractivity contribution is 9.11. The number of rotatable bonds is 1. The molecule has 2 nitrogen and oxygen atoms in total. The van der Waals surface area contributed by atoms with Crippen molar-refractivity contribution in [3.05, 3.63) is 22.8 Å². The van der Waals surface area contributed by atoms with E-state index in [1.807, 2.05) is 0 Å². The Kier molecular flexibility index (Phi) is 2.16. The summed E-state index contributed by atoms with van der Waals surface area (Å²) in [6.07, 6.45) is 5.56. The summed E-state index contributed by atoms with van der Waals surface area (Å²) in [5.41, 5.74) is 0. The maximum absolute atomic E-state index is 10.3. The molecule has 0 bridgehead atoms. The topological polar surface area (TPSA) is 29.1 Å². The van der Waals surface area contributed by atoms with E-state index in [0.29, 0.717) is 6.29 Å². The van der Waals surface area contributed by atoms with Crippen molar-refractivity contribution in [1.82, 2.24) is 5.32 Å². The van der Waals surface area contributed by atoms with E-state index in [1.54, 1.807) is 18.4 Å². The van der Waals surface area contributed by atoms with E-state index in [1.165, 1.54) is 0 Å². The summed E-state index contributed by atoms with van der Waals surface area (Å²) in [5, 5.41) is 2.70. The monoisotopic (exact) mass is 221 g/mol. The molecule has 4 heteroatoms. The average molecular weight is 222 g/mol. The Labute approximate surface area is 72.1 Å². The SMILES string of the molecule is O=CC1(Cl)C=CC(Br)=CN1. The van der Waals surface area contributed by atoms with E-state index in [2.05, 4.69) is 21.2 Å². The number of alkyl halides is 1. The summed E-state index contributed by atoms with van der Waals surface area (Å²) in [5.74, 6) is 0. The largest absolute Gasteiger partial charge is 0.363 e. The van der Waals surface area contributed by atoms with Gasteiger partial charge >= 0.3 is 0 Å². The van der Waals surface area contributed by atoms with Crippen LogP contribution in [0.3, 0.4) is 0 Å². The van der Waals surface area contributed by atoms with Crippen molar-refractivity contribution in [2.45, 2.75) is 5.00 Å². The van der Waals surface area contributed by atoms with Crippen LogP contribution in [-0.2, 0) is 4.79 Å². The number of dihydropyridines is 1. The number of halogens is 2. The van der Waals surface area contributed by atoms with Crippen LogP contribution >= 0.6 is 27.5 Å². The van der Waals surface area contributed by atoms with Gasteiger partial charge in [-0.1, -0.05) is 11.6 Å². The van der Waals surface area contributed by atoms with Gasteiger partial charge in [-0.3, -0.25) is 4.79 Å². The molecule has 10 heavy (non-hydrogen) atoms. The molecule has 1 unspecified atom stereocenters. The van der Waals surface area contributed by atoms with Gasteiger partial charge in [-0.05, 0) is 28.1 Å². The lowest BCUT2D eigenvalue weighted by molar-refractivity contribution is -0.109. The first kappa shape index (κ1) is 7.82. The number of nitrogens with one attached hydrogen (secondary N) is 1. The smallest absolute Gasteiger partial charge is 0.187 e. The molecule has 1 aliphatic rings. The van der Waals surface area contributed by atoms with Crippen molar-refractivity contribution in [3.8, 4) is 0 Å². The summed E-state index contributed by atoms with van der Waals surface area (Å²) < 4.78 is 0.866. The predicted molar refractivity (Wildman–Crippen MR) is 43.9 cm³/mol. The molecule has 0 amide bonds. The Balaban J connectivity index is 2.76. The van der Waals surface area contributed by atoms with Gasteiger partial charge in [0.2, 0.25) is 0 Å². The van der Waals surface area contributed by atoms with Gasteiger partial charge in [0.25, 0.3) is 0 Å². The zero-order valence-corrected chi connectivity index (χ0v) is 7.32. The summed E-state index contributed by atoms with van der Waals surface area (Å²) in [6.45, 7) is 0. The van der Waals surface area contributed by atoms with Crippen molar-refractivity contribution in [1.29, 1.82) is 0 Å². The maximum atomic E-state index is 10.3. The summed E-state index contributed by atoms with van der Waals surface area (Å²) in [4.78, 5) is 9.25. The Morgan fingerprint density at radius 3 is 2.90 bits per heavy atom. The molecular weight excluding hydrogens is 217 g/mol. The highest BCUT2D eigenvalue weighted by Gasteiger charge is 2.22. The molecule has 54 valence electrons. The first-order valence-corrected chi connectivity index (χ1v) is 3.81. The van der Waals surface area contributed by atoms with Crippen LogP contribution in [0.4, 0.5) is 0 Å². The molecule has 0 radical (unpaired) electrons. The number of carbonyl (C=O) groups excluding carboxylic acids is 1. The fraction of sp³-hybridized carbons (Fsp3) is 0.167. The highest BCUT2D eigenvalue weighted by atomic mass is 79.9. The van der Waals surface area contributed by atoms with Crippen LogP contribution in [0, 0.1) is 0 Å². The minimum atomic E-state index is -1.04. The first-order valence-electron chi connectivity index (χ1n) is 2.64. The molecule has 1 rings (SSSR count). The zero-order valence-electron chi connectivity index (χ0n) is 4.97. The summed E-state index contributed by atoms with van der Waals surface area (Å²) in [7, 11) is 0. The fourth-order valence-corrected chi connectivity index (χ4v) is 0.914. The molecule has 1 N–H and O–H groups in total. The molecule has 0 saturated carbocycles. The van der Waals surface area contributed by atoms with E-state index in [0.717, 1.165) is 4.48 Å². The van der Waals surface area contributed by atoms with Crippen molar-refractivity contribution in [2.24, 2.45) is 0 Å². The fourth-order valence-electron chi connectivity index (χ4n) is 0.550. The van der Waals surface area contributed by atoms with E-state index in [-0.39, 0.29) is 0 Å². The van der Waals surface area contributed by atoms with Crippen LogP contribution in [0.25, 0.3) is 0 Å². The van der Waals surface area contributed by atoms with Crippen LogP contribution in [0.5, 0.6) is 0 Å². The molecule has 0 aromatic carbocycles. The molecule has 0 aromatic rings. The third-order valence-corrected chi connectivity index (χ3v) is 1.91. The number of carbonyl (C=O) groups is 1. The van der Waals surface area contributed by atoms with Crippen molar-refractivity contribution in [3.63, 3.8) is 0 Å². The van der Waals surface area contributed by atoms with Crippen LogP contribution in [0.2, 0.25) is 0 Å². The zero-order chi connectivity index (χ0) is 7.61. The molecule has 1 heterocycles. The van der Waals surface area contributed by atoms with E-state index in [9.17, 15) is 4.79 Å². The maximum Gasteiger partial charge on any atom is 0.187 e. The Morgan fingerprint density at radius 1 is 1.80 bits per heavy atom. The standard InChI is InChI=1S/C6H5BrClNO/c7-5-1-2-6(8,4-10)9-3-5/h1-4,9H. The average Bonchev–Trinajstić information content (AvgIpc) is 1.96. The Hall–Kier alpha value is -0.280. The van der Waals surface area contributed by atoms with Gasteiger partial charge in [-0.25, -0.2) is 0 Å². The molecule has 0 fully saturated rings. The normalized spacial score (nSPS) is 30.8. The lowest BCUT2D eigenvalue weighted by Crippen LogP contribution is -2.37. The van der Waals surface area contributed by atoms with Gasteiger partial charge in [-0.15, -0.1) is 0 Å². The molecule has 1 atom stereocenters. The lowest BCUT2D eigenvalue weighted by Gasteiger charge is -2.19. The lowest BCUT2D eigenvalue weighted by atomic mass is 10.2. The number of allylic oxidation sites excluding steroid dienone is 2. The third kappa shape index (κ3) is 1.61. The molecule has 0 aromatic heterocycles. The molecule has 0 spiro atoms. The van der Waals surface area contributed by atoms with E-state index < -0.39 is 5.00 Å². The minimum Gasteiger partial charge on any atom is -0.363 e. The third-order valence-electron chi connectivity index (χ3n) is 1.09. The molecular formula is C6H5BrClNO. The molecule has 0 saturated heterocycles. The molecule has 1 aliphatic heterocycles. The second-order valence-electron chi connectivity index (χ2n) is 1.89. The number of hydrogen-bond acceptors (Lipinski definition) is 2. The number of aldehydes is 1. The Morgan fingerprint density at radius 2 is 2.50 bits per heavy atom. The van der Waals surface area contributed by atoms with Crippen LogP contribution in [0.15, 0.2) is 22.8 Å². The van der Waals surface area contributed by atoms with E-state index >= 15 is 0 Å². The van der Waals surface area contributed by atoms with Crippen LogP contribution < -0.4 is 5.32 Å². The Bertz CT molecular complexity index is 214. The number of hydrogen-bond donors (Lipinski definition) is 1. The van der Waals surface area contributed by atoms with Gasteiger partial charge < -0.3 is 5.32 Å². The van der Waals surface area contributed by atoms with Crippen molar-refractivity contribution < 1.29 is 4.79 Å². The van der Waals surface area contributed by atoms with Crippen molar-refractivity contribution in [2.75, 3.05) is 0 Å². The summed E-state index contributed by atoms with van der Waals surface area (Å²) >= 11 is 8.90. The van der Waals surface area contributed by atoms with E-state index in [4.69, 9.17) is 11.6 Å². The van der Waals surface area contributed by atoms with Crippen molar-refractivity contribution >= 4 is 33.8 Å². The van der Waals surface area contributed by atoms with Gasteiger partial charge in [0, 0.05) is 10.7 Å². The predicted octanol–water partition coefficient (Wildman–Crippen LogP) is 1.52. The van der Waals surface area contributed by atoms with Gasteiger partial charge in [-0.2, -0.15) is 0 Å². The van der Waals surface area contributed by atoms with Gasteiger partial charge in [0.15, 0.2) is 11.3 Å². The minimum absolute atomic E-state index is 0.640. The van der Waals surface area contributed by atoms with Gasteiger partial charge in [0.05, 0.1) is 0 Å². The second kappa shape index (κ2) is 2.76.